The zero-order valence-electron chi connectivity index (χ0n) is 16.0. The van der Waals surface area contributed by atoms with Gasteiger partial charge in [-0.25, -0.2) is 4.79 Å². The average Bonchev–Trinajstić information content (AvgIpc) is 2.74. The molecule has 0 amide bonds. The number of phenols is 2. The Labute approximate surface area is 178 Å². The van der Waals surface area contributed by atoms with Gasteiger partial charge in [0.15, 0.2) is 0 Å². The summed E-state index contributed by atoms with van der Waals surface area (Å²) in [6, 6.07) is 19.5. The fourth-order valence-corrected chi connectivity index (χ4v) is 4.83. The first-order chi connectivity index (χ1) is 14.4. The molecule has 1 heterocycles. The number of ether oxygens (including phenoxy) is 1. The van der Waals surface area contributed by atoms with Crippen LogP contribution >= 0.6 is 11.8 Å². The van der Waals surface area contributed by atoms with E-state index < -0.39 is 5.97 Å². The van der Waals surface area contributed by atoms with E-state index in [9.17, 15) is 20.1 Å². The van der Waals surface area contributed by atoms with Gasteiger partial charge in [-0.1, -0.05) is 36.9 Å². The molecule has 0 radical (unpaired) electrons. The first kappa shape index (κ1) is 19.9. The lowest BCUT2D eigenvalue weighted by atomic mass is 9.85. The van der Waals surface area contributed by atoms with E-state index in [0.717, 1.165) is 16.0 Å². The minimum absolute atomic E-state index is 0.0000657. The van der Waals surface area contributed by atoms with E-state index in [1.165, 1.54) is 0 Å². The van der Waals surface area contributed by atoms with Gasteiger partial charge in [0.2, 0.25) is 0 Å². The highest BCUT2D eigenvalue weighted by Gasteiger charge is 2.33. The second-order valence-corrected chi connectivity index (χ2v) is 8.38. The van der Waals surface area contributed by atoms with Gasteiger partial charge in [0.1, 0.15) is 23.9 Å². The number of carboxylic acid groups (broad SMARTS) is 1. The van der Waals surface area contributed by atoms with E-state index >= 15 is 0 Å². The van der Waals surface area contributed by atoms with Gasteiger partial charge >= 0.3 is 5.97 Å². The van der Waals surface area contributed by atoms with Gasteiger partial charge in [0, 0.05) is 22.4 Å². The SMILES string of the molecule is C=C(C(=O)O)c1cccc(C2c3ccc(O)cc3OCC2Sc2ccc(O)cc2)c1. The molecule has 5 nitrogen and oxygen atoms in total. The maximum Gasteiger partial charge on any atom is 0.335 e. The normalized spacial score (nSPS) is 17.6. The molecule has 6 heteroatoms. The van der Waals surface area contributed by atoms with Crippen molar-refractivity contribution in [3.05, 3.63) is 90.0 Å². The molecule has 152 valence electrons. The van der Waals surface area contributed by atoms with Gasteiger partial charge in [-0.05, 0) is 41.5 Å². The van der Waals surface area contributed by atoms with Gasteiger partial charge in [-0.15, -0.1) is 11.8 Å². The zero-order valence-corrected chi connectivity index (χ0v) is 16.8. The Morgan fingerprint density at radius 3 is 2.47 bits per heavy atom. The summed E-state index contributed by atoms with van der Waals surface area (Å²) in [5, 5.41) is 28.7. The predicted molar refractivity (Wildman–Crippen MR) is 116 cm³/mol. The van der Waals surface area contributed by atoms with Gasteiger partial charge in [-0.3, -0.25) is 0 Å². The summed E-state index contributed by atoms with van der Waals surface area (Å²) >= 11 is 1.63. The summed E-state index contributed by atoms with van der Waals surface area (Å²) in [5.74, 6) is -0.194. The van der Waals surface area contributed by atoms with Crippen LogP contribution in [-0.4, -0.2) is 33.1 Å². The summed E-state index contributed by atoms with van der Waals surface area (Å²) in [6.07, 6.45) is 0. The lowest BCUT2D eigenvalue weighted by molar-refractivity contribution is -0.130. The van der Waals surface area contributed by atoms with Crippen LogP contribution in [0.4, 0.5) is 0 Å². The van der Waals surface area contributed by atoms with Crippen LogP contribution in [0.25, 0.3) is 5.57 Å². The molecular weight excluding hydrogens is 400 g/mol. The molecule has 3 aromatic carbocycles. The van der Waals surface area contributed by atoms with Crippen LogP contribution < -0.4 is 4.74 Å². The molecule has 0 saturated carbocycles. The van der Waals surface area contributed by atoms with E-state index in [-0.39, 0.29) is 28.2 Å². The van der Waals surface area contributed by atoms with E-state index in [1.54, 1.807) is 42.1 Å². The van der Waals surface area contributed by atoms with Crippen LogP contribution in [0.2, 0.25) is 0 Å². The Kier molecular flexibility index (Phi) is 5.42. The Morgan fingerprint density at radius 1 is 1.00 bits per heavy atom. The molecule has 0 bridgehead atoms. The number of hydrogen-bond acceptors (Lipinski definition) is 5. The Morgan fingerprint density at radius 2 is 1.73 bits per heavy atom. The smallest absolute Gasteiger partial charge is 0.335 e. The second kappa shape index (κ2) is 8.16. The third-order valence-electron chi connectivity index (χ3n) is 5.08. The van der Waals surface area contributed by atoms with Crippen molar-refractivity contribution >= 4 is 23.3 Å². The monoisotopic (exact) mass is 420 g/mol. The fraction of sp³-hybridized carbons (Fsp3) is 0.125. The van der Waals surface area contributed by atoms with Crippen LogP contribution in [0.1, 0.15) is 22.6 Å². The number of thioether (sulfide) groups is 1. The molecule has 3 aromatic rings. The van der Waals surface area contributed by atoms with Crippen molar-refractivity contribution in [1.29, 1.82) is 0 Å². The van der Waals surface area contributed by atoms with Gasteiger partial charge in [0.05, 0.1) is 10.8 Å². The number of fused-ring (bicyclic) bond motifs is 1. The van der Waals surface area contributed by atoms with Crippen LogP contribution in [-0.2, 0) is 4.79 Å². The first-order valence-electron chi connectivity index (χ1n) is 9.36. The maximum atomic E-state index is 11.4. The van der Waals surface area contributed by atoms with Crippen molar-refractivity contribution in [2.45, 2.75) is 16.1 Å². The molecule has 0 fully saturated rings. The van der Waals surface area contributed by atoms with Crippen LogP contribution in [0.3, 0.4) is 0 Å². The molecule has 4 rings (SSSR count). The number of carboxylic acids is 1. The molecule has 0 aromatic heterocycles. The summed E-state index contributed by atoms with van der Waals surface area (Å²) in [6.45, 7) is 4.09. The van der Waals surface area contributed by atoms with Crippen molar-refractivity contribution < 1.29 is 24.9 Å². The molecular formula is C24H20O5S. The van der Waals surface area contributed by atoms with E-state index in [4.69, 9.17) is 4.74 Å². The molecule has 30 heavy (non-hydrogen) atoms. The number of hydrogen-bond donors (Lipinski definition) is 3. The molecule has 0 spiro atoms. The molecule has 1 aliphatic heterocycles. The number of aliphatic carboxylic acids is 1. The summed E-state index contributed by atoms with van der Waals surface area (Å²) in [5.41, 5.74) is 2.47. The lowest BCUT2D eigenvalue weighted by Crippen LogP contribution is -2.29. The molecule has 3 N–H and O–H groups in total. The third kappa shape index (κ3) is 4.00. The topological polar surface area (TPSA) is 87.0 Å². The van der Waals surface area contributed by atoms with Crippen molar-refractivity contribution in [3.63, 3.8) is 0 Å². The zero-order chi connectivity index (χ0) is 21.3. The number of rotatable bonds is 5. The molecule has 2 atom stereocenters. The largest absolute Gasteiger partial charge is 0.508 e. The first-order valence-corrected chi connectivity index (χ1v) is 10.2. The Hall–Kier alpha value is -3.38. The molecule has 0 saturated heterocycles. The minimum atomic E-state index is -1.06. The molecule has 2 unspecified atom stereocenters. The standard InChI is InChI=1S/C24H20O5S/c1-14(24(27)28)15-3-2-4-16(11-15)23-20-10-7-18(26)12-21(20)29-13-22(23)30-19-8-5-17(25)6-9-19/h2-12,22-23,25-26H,1,13H2,(H,27,28). The summed E-state index contributed by atoms with van der Waals surface area (Å²) in [4.78, 5) is 12.4. The van der Waals surface area contributed by atoms with Gasteiger partial charge in [-0.2, -0.15) is 0 Å². The minimum Gasteiger partial charge on any atom is -0.508 e. The quantitative estimate of drug-likeness (QED) is 0.510. The average molecular weight is 420 g/mol. The van der Waals surface area contributed by atoms with Crippen molar-refractivity contribution in [2.24, 2.45) is 0 Å². The van der Waals surface area contributed by atoms with E-state index in [1.807, 2.05) is 36.4 Å². The highest BCUT2D eigenvalue weighted by Crippen LogP contribution is 2.46. The molecule has 1 aliphatic rings. The third-order valence-corrected chi connectivity index (χ3v) is 6.34. The number of carbonyl (C=O) groups is 1. The van der Waals surface area contributed by atoms with Gasteiger partial charge < -0.3 is 20.1 Å². The maximum absolute atomic E-state index is 11.4. The summed E-state index contributed by atoms with van der Waals surface area (Å²) < 4.78 is 5.94. The van der Waals surface area contributed by atoms with Gasteiger partial charge in [0.25, 0.3) is 0 Å². The lowest BCUT2D eigenvalue weighted by Gasteiger charge is -2.34. The highest BCUT2D eigenvalue weighted by molar-refractivity contribution is 8.00. The van der Waals surface area contributed by atoms with E-state index in [0.29, 0.717) is 17.9 Å². The van der Waals surface area contributed by atoms with Crippen molar-refractivity contribution in [1.82, 2.24) is 0 Å². The van der Waals surface area contributed by atoms with Crippen molar-refractivity contribution in [2.75, 3.05) is 6.61 Å². The van der Waals surface area contributed by atoms with Crippen LogP contribution in [0.15, 0.2) is 78.2 Å². The number of benzene rings is 3. The van der Waals surface area contributed by atoms with Crippen molar-refractivity contribution in [3.8, 4) is 17.2 Å². The second-order valence-electron chi connectivity index (χ2n) is 7.07. The highest BCUT2D eigenvalue weighted by atomic mass is 32.2. The van der Waals surface area contributed by atoms with Crippen LogP contribution in [0.5, 0.6) is 17.2 Å². The van der Waals surface area contributed by atoms with Crippen LogP contribution in [0, 0.1) is 0 Å². The number of aromatic hydroxyl groups is 2. The molecule has 0 aliphatic carbocycles. The summed E-state index contributed by atoms with van der Waals surface area (Å²) in [7, 11) is 0. The fourth-order valence-electron chi connectivity index (χ4n) is 3.61. The Balaban J connectivity index is 1.77. The predicted octanol–water partition coefficient (Wildman–Crippen LogP) is 4.88. The van der Waals surface area contributed by atoms with E-state index in [2.05, 4.69) is 6.58 Å². The Bertz CT molecular complexity index is 1110. The number of phenolic OH excluding ortho intramolecular Hbond substituents is 2.